The molecule has 1 saturated carbocycles. The monoisotopic (exact) mass is 290 g/mol. The number of hydrogen-bond donors (Lipinski definition) is 1. The second kappa shape index (κ2) is 5.56. The van der Waals surface area contributed by atoms with Gasteiger partial charge in [0.15, 0.2) is 0 Å². The molecule has 0 aromatic heterocycles. The normalized spacial score (nSPS) is 31.8. The molecular formula is C16H20NO4+. The molecule has 1 N–H and O–H groups in total. The Labute approximate surface area is 123 Å². The second-order valence-corrected chi connectivity index (χ2v) is 5.92. The minimum atomic E-state index is -0.620. The lowest BCUT2D eigenvalue weighted by Crippen LogP contribution is -2.46. The molecule has 0 spiro atoms. The van der Waals surface area contributed by atoms with Crippen molar-refractivity contribution in [2.45, 2.75) is 43.9 Å². The van der Waals surface area contributed by atoms with Crippen LogP contribution in [0.1, 0.15) is 36.0 Å². The number of nitrogens with zero attached hydrogens (tertiary/aromatic N) is 1. The highest BCUT2D eigenvalue weighted by atomic mass is 16.5. The number of ether oxygens (including phenoxy) is 1. The van der Waals surface area contributed by atoms with Gasteiger partial charge in [0.25, 0.3) is 6.04 Å². The second-order valence-electron chi connectivity index (χ2n) is 5.92. The predicted molar refractivity (Wildman–Crippen MR) is 76.5 cm³/mol. The third kappa shape index (κ3) is 2.46. The highest BCUT2D eigenvalue weighted by Gasteiger charge is 2.53. The van der Waals surface area contributed by atoms with E-state index >= 15 is 0 Å². The van der Waals surface area contributed by atoms with E-state index in [9.17, 15) is 14.8 Å². The van der Waals surface area contributed by atoms with Crippen molar-refractivity contribution < 1.29 is 19.4 Å². The molecule has 21 heavy (non-hydrogen) atoms. The van der Waals surface area contributed by atoms with Crippen LogP contribution < -0.4 is 4.74 Å². The molecule has 1 heterocycles. The van der Waals surface area contributed by atoms with Crippen LogP contribution in [-0.4, -0.2) is 40.9 Å². The van der Waals surface area contributed by atoms with Crippen LogP contribution >= 0.6 is 0 Å². The standard InChI is InChI=1S/C16H20NO4/c1-21-11-4-2-10(3-5-11)16(19)14-7-6-12-13(17(14)20)8-9-15(12)18/h2-5,12-15,18H,6-9H2,1H3/q+1. The number of carbonyl (C=O) groups is 1. The Morgan fingerprint density at radius 2 is 1.90 bits per heavy atom. The van der Waals surface area contributed by atoms with Crippen molar-refractivity contribution in [1.82, 2.24) is 0 Å². The molecular weight excluding hydrogens is 270 g/mol. The zero-order chi connectivity index (χ0) is 15.0. The molecule has 5 heteroatoms. The van der Waals surface area contributed by atoms with Crippen molar-refractivity contribution in [3.63, 3.8) is 0 Å². The number of ketones is 1. The first-order chi connectivity index (χ1) is 10.1. The highest BCUT2D eigenvalue weighted by molar-refractivity contribution is 5.99. The Bertz CT molecular complexity index is 554. The SMILES string of the molecule is COc1ccc(C(=O)C2CCC3C(O)CCC3[N+]2=O)cc1. The van der Waals surface area contributed by atoms with Crippen LogP contribution in [0.3, 0.4) is 0 Å². The van der Waals surface area contributed by atoms with Gasteiger partial charge in [-0.1, -0.05) is 0 Å². The molecule has 1 aliphatic heterocycles. The summed E-state index contributed by atoms with van der Waals surface area (Å²) in [6.45, 7) is 0. The lowest BCUT2D eigenvalue weighted by molar-refractivity contribution is -0.623. The molecule has 2 aliphatic rings. The zero-order valence-electron chi connectivity index (χ0n) is 12.1. The van der Waals surface area contributed by atoms with Gasteiger partial charge < -0.3 is 9.84 Å². The average molecular weight is 290 g/mol. The summed E-state index contributed by atoms with van der Waals surface area (Å²) in [4.78, 5) is 25.0. The third-order valence-corrected chi connectivity index (χ3v) is 4.83. The van der Waals surface area contributed by atoms with Gasteiger partial charge in [0, 0.05) is 28.1 Å². The summed E-state index contributed by atoms with van der Waals surface area (Å²) in [7, 11) is 1.57. The molecule has 1 aliphatic carbocycles. The van der Waals surface area contributed by atoms with E-state index in [4.69, 9.17) is 4.74 Å². The van der Waals surface area contributed by atoms with Crippen molar-refractivity contribution in [2.75, 3.05) is 7.11 Å². The maximum absolute atomic E-state index is 12.5. The maximum Gasteiger partial charge on any atom is 0.263 e. The summed E-state index contributed by atoms with van der Waals surface area (Å²) in [6.07, 6.45) is 2.23. The fourth-order valence-corrected chi connectivity index (χ4v) is 3.63. The highest BCUT2D eigenvalue weighted by Crippen LogP contribution is 2.37. The van der Waals surface area contributed by atoms with E-state index in [-0.39, 0.29) is 23.8 Å². The number of piperidine rings is 1. The van der Waals surface area contributed by atoms with E-state index in [1.54, 1.807) is 31.4 Å². The van der Waals surface area contributed by atoms with Crippen LogP contribution in [-0.2, 0) is 0 Å². The van der Waals surface area contributed by atoms with Gasteiger partial charge in [-0.2, -0.15) is 0 Å². The number of aliphatic hydroxyl groups excluding tert-OH is 1. The van der Waals surface area contributed by atoms with Gasteiger partial charge >= 0.3 is 0 Å². The van der Waals surface area contributed by atoms with Crippen molar-refractivity contribution in [2.24, 2.45) is 5.92 Å². The smallest absolute Gasteiger partial charge is 0.263 e. The number of methoxy groups -OCH3 is 1. The molecule has 112 valence electrons. The van der Waals surface area contributed by atoms with Gasteiger partial charge in [0.1, 0.15) is 5.75 Å². The molecule has 5 nitrogen and oxygen atoms in total. The van der Waals surface area contributed by atoms with Gasteiger partial charge in [-0.15, -0.1) is 0 Å². The van der Waals surface area contributed by atoms with Gasteiger partial charge in [0.05, 0.1) is 19.1 Å². The first-order valence-corrected chi connectivity index (χ1v) is 7.43. The Hall–Kier alpha value is -1.75. The Morgan fingerprint density at radius 3 is 2.57 bits per heavy atom. The number of benzene rings is 1. The summed E-state index contributed by atoms with van der Waals surface area (Å²) >= 11 is 0. The Kier molecular flexibility index (Phi) is 3.76. The third-order valence-electron chi connectivity index (χ3n) is 4.83. The molecule has 1 saturated heterocycles. The van der Waals surface area contributed by atoms with Crippen LogP contribution in [0.5, 0.6) is 5.75 Å². The molecule has 0 amide bonds. The number of aliphatic hydroxyl groups is 1. The van der Waals surface area contributed by atoms with E-state index in [0.717, 1.165) is 11.2 Å². The number of fused-ring (bicyclic) bond motifs is 1. The molecule has 1 aromatic rings. The van der Waals surface area contributed by atoms with Crippen molar-refractivity contribution in [3.05, 3.63) is 34.7 Å². The molecule has 4 unspecified atom stereocenters. The zero-order valence-corrected chi connectivity index (χ0v) is 12.1. The quantitative estimate of drug-likeness (QED) is 0.682. The maximum atomic E-state index is 12.5. The summed E-state index contributed by atoms with van der Waals surface area (Å²) in [5.41, 5.74) is 0.540. The molecule has 3 rings (SSSR count). The molecule has 0 bridgehead atoms. The number of nitroso groups, excluding NO2 is 1. The Morgan fingerprint density at radius 1 is 1.19 bits per heavy atom. The van der Waals surface area contributed by atoms with E-state index in [0.29, 0.717) is 30.6 Å². The lowest BCUT2D eigenvalue weighted by atomic mass is 9.85. The van der Waals surface area contributed by atoms with Crippen molar-refractivity contribution in [1.29, 1.82) is 0 Å². The topological polar surface area (TPSA) is 66.6 Å². The number of rotatable bonds is 3. The van der Waals surface area contributed by atoms with Crippen molar-refractivity contribution >= 4 is 5.78 Å². The molecule has 1 aromatic carbocycles. The Balaban J connectivity index is 1.77. The fraction of sp³-hybridized carbons (Fsp3) is 0.562. The van der Waals surface area contributed by atoms with E-state index in [1.165, 1.54) is 0 Å². The first kappa shape index (κ1) is 14.2. The van der Waals surface area contributed by atoms with Gasteiger partial charge in [-0.05, 0) is 37.1 Å². The summed E-state index contributed by atoms with van der Waals surface area (Å²) in [5, 5.41) is 9.88. The van der Waals surface area contributed by atoms with E-state index < -0.39 is 6.04 Å². The lowest BCUT2D eigenvalue weighted by Gasteiger charge is -2.25. The number of carbonyl (C=O) groups excluding carboxylic acids is 1. The number of hydrogen-bond acceptors (Lipinski definition) is 4. The van der Waals surface area contributed by atoms with Crippen LogP contribution in [0.15, 0.2) is 24.3 Å². The van der Waals surface area contributed by atoms with Gasteiger partial charge in [-0.25, -0.2) is 0 Å². The minimum absolute atomic E-state index is 0.0300. The minimum Gasteiger partial charge on any atom is -0.497 e. The predicted octanol–water partition coefficient (Wildman–Crippen LogP) is 1.96. The molecule has 2 fully saturated rings. The van der Waals surface area contributed by atoms with Crippen LogP contribution in [0.4, 0.5) is 0 Å². The van der Waals surface area contributed by atoms with Crippen LogP contribution in [0.2, 0.25) is 0 Å². The van der Waals surface area contributed by atoms with E-state index in [2.05, 4.69) is 0 Å². The fourth-order valence-electron chi connectivity index (χ4n) is 3.63. The van der Waals surface area contributed by atoms with Crippen LogP contribution in [0.25, 0.3) is 0 Å². The van der Waals surface area contributed by atoms with Gasteiger partial charge in [-0.3, -0.25) is 4.79 Å². The average Bonchev–Trinajstić information content (AvgIpc) is 2.89. The van der Waals surface area contributed by atoms with Crippen molar-refractivity contribution in [3.8, 4) is 5.75 Å². The first-order valence-electron chi connectivity index (χ1n) is 7.43. The molecule has 0 radical (unpaired) electrons. The number of Topliss-reactive ketones (excluding diaryl/α,β-unsaturated/α-hetero) is 1. The summed E-state index contributed by atoms with van der Waals surface area (Å²) in [5.74, 6) is 0.586. The van der Waals surface area contributed by atoms with Crippen LogP contribution in [0, 0.1) is 10.8 Å². The molecule has 4 atom stereocenters. The van der Waals surface area contributed by atoms with E-state index in [1.807, 2.05) is 0 Å². The van der Waals surface area contributed by atoms with Gasteiger partial charge in [0.2, 0.25) is 11.8 Å². The largest absolute Gasteiger partial charge is 0.497 e. The summed E-state index contributed by atoms with van der Waals surface area (Å²) in [6, 6.07) is 6.03. The summed E-state index contributed by atoms with van der Waals surface area (Å²) < 4.78 is 6.01.